The van der Waals surface area contributed by atoms with Crippen molar-refractivity contribution in [3.63, 3.8) is 0 Å². The number of nitrogens with one attached hydrogen (secondary N) is 2. The van der Waals surface area contributed by atoms with E-state index in [1.54, 1.807) is 24.3 Å². The van der Waals surface area contributed by atoms with Crippen LogP contribution in [0.4, 0.5) is 5.69 Å². The highest BCUT2D eigenvalue weighted by molar-refractivity contribution is 6.30. The van der Waals surface area contributed by atoms with Crippen molar-refractivity contribution in [1.82, 2.24) is 5.32 Å². The van der Waals surface area contributed by atoms with Gasteiger partial charge in [-0.3, -0.25) is 10.1 Å². The Kier molecular flexibility index (Phi) is 4.08. The van der Waals surface area contributed by atoms with Gasteiger partial charge in [-0.15, -0.1) is 0 Å². The normalized spacial score (nSPS) is 16.1. The molecule has 2 N–H and O–H groups in total. The highest BCUT2D eigenvalue weighted by atomic mass is 35.5. The van der Waals surface area contributed by atoms with Crippen LogP contribution in [0.25, 0.3) is 0 Å². The zero-order valence-corrected chi connectivity index (χ0v) is 12.1. The standard InChI is InChI=1S/C16H15ClN2O2/c17-11-4-3-5-12(8-11)19-16(20)9-18-14-10-21-15-7-2-1-6-13(14)15/h1-8,14,18H,9-10H2,(H,19,20). The lowest BCUT2D eigenvalue weighted by atomic mass is 10.1. The van der Waals surface area contributed by atoms with Crippen molar-refractivity contribution in [3.8, 4) is 5.75 Å². The van der Waals surface area contributed by atoms with Crippen molar-refractivity contribution in [2.75, 3.05) is 18.5 Å². The van der Waals surface area contributed by atoms with Crippen LogP contribution in [0.5, 0.6) is 5.75 Å². The number of fused-ring (bicyclic) bond motifs is 1. The minimum absolute atomic E-state index is 0.0475. The summed E-state index contributed by atoms with van der Waals surface area (Å²) in [6, 6.07) is 15.0. The molecule has 0 fully saturated rings. The average Bonchev–Trinajstić information content (AvgIpc) is 2.88. The van der Waals surface area contributed by atoms with Gasteiger partial charge in [-0.25, -0.2) is 0 Å². The first-order valence-electron chi connectivity index (χ1n) is 6.73. The smallest absolute Gasteiger partial charge is 0.238 e. The van der Waals surface area contributed by atoms with Gasteiger partial charge in [0, 0.05) is 16.3 Å². The number of carbonyl (C=O) groups is 1. The molecule has 1 aliphatic rings. The van der Waals surface area contributed by atoms with Gasteiger partial charge in [0.2, 0.25) is 5.91 Å². The van der Waals surface area contributed by atoms with Crippen molar-refractivity contribution in [1.29, 1.82) is 0 Å². The molecule has 0 aromatic heterocycles. The summed E-state index contributed by atoms with van der Waals surface area (Å²) in [7, 11) is 0. The Morgan fingerprint density at radius 3 is 2.95 bits per heavy atom. The van der Waals surface area contributed by atoms with Crippen LogP contribution >= 0.6 is 11.6 Å². The molecule has 0 radical (unpaired) electrons. The fourth-order valence-electron chi connectivity index (χ4n) is 2.32. The minimum atomic E-state index is -0.110. The van der Waals surface area contributed by atoms with Crippen LogP contribution in [0.1, 0.15) is 11.6 Å². The first-order chi connectivity index (χ1) is 10.2. The summed E-state index contributed by atoms with van der Waals surface area (Å²) in [6.45, 7) is 0.763. The van der Waals surface area contributed by atoms with Gasteiger partial charge < -0.3 is 10.1 Å². The van der Waals surface area contributed by atoms with Crippen LogP contribution < -0.4 is 15.4 Å². The highest BCUT2D eigenvalue weighted by Crippen LogP contribution is 2.31. The van der Waals surface area contributed by atoms with Crippen LogP contribution in [0.2, 0.25) is 5.02 Å². The molecular formula is C16H15ClN2O2. The molecule has 1 aliphatic heterocycles. The maximum absolute atomic E-state index is 11.9. The van der Waals surface area contributed by atoms with Crippen molar-refractivity contribution >= 4 is 23.2 Å². The SMILES string of the molecule is O=C(CNC1COc2ccccc21)Nc1cccc(Cl)c1. The predicted octanol–water partition coefficient (Wildman–Crippen LogP) is 3.00. The topological polar surface area (TPSA) is 50.4 Å². The zero-order valence-electron chi connectivity index (χ0n) is 11.3. The lowest BCUT2D eigenvalue weighted by Crippen LogP contribution is -2.32. The van der Waals surface area contributed by atoms with Gasteiger partial charge >= 0.3 is 0 Å². The number of hydrogen-bond acceptors (Lipinski definition) is 3. The lowest BCUT2D eigenvalue weighted by Gasteiger charge is -2.11. The van der Waals surface area contributed by atoms with E-state index in [0.717, 1.165) is 11.3 Å². The average molecular weight is 303 g/mol. The van der Waals surface area contributed by atoms with E-state index in [0.29, 0.717) is 17.3 Å². The number of hydrogen-bond donors (Lipinski definition) is 2. The summed E-state index contributed by atoms with van der Waals surface area (Å²) >= 11 is 5.88. The van der Waals surface area contributed by atoms with Crippen molar-refractivity contribution in [3.05, 3.63) is 59.1 Å². The second-order valence-electron chi connectivity index (χ2n) is 4.84. The van der Waals surface area contributed by atoms with Gasteiger partial charge in [0.05, 0.1) is 12.6 Å². The molecule has 21 heavy (non-hydrogen) atoms. The van der Waals surface area contributed by atoms with E-state index >= 15 is 0 Å². The van der Waals surface area contributed by atoms with Crippen LogP contribution in [0.3, 0.4) is 0 Å². The summed E-state index contributed by atoms with van der Waals surface area (Å²) in [5.41, 5.74) is 1.78. The molecule has 2 aromatic carbocycles. The van der Waals surface area contributed by atoms with E-state index < -0.39 is 0 Å². The van der Waals surface area contributed by atoms with Crippen molar-refractivity contribution < 1.29 is 9.53 Å². The molecule has 0 saturated heterocycles. The predicted molar refractivity (Wildman–Crippen MR) is 82.8 cm³/mol. The molecule has 1 unspecified atom stereocenters. The van der Waals surface area contributed by atoms with Crippen LogP contribution in [0, 0.1) is 0 Å². The van der Waals surface area contributed by atoms with E-state index in [-0.39, 0.29) is 18.5 Å². The van der Waals surface area contributed by atoms with Crippen LogP contribution in [-0.4, -0.2) is 19.1 Å². The number of carbonyl (C=O) groups excluding carboxylic acids is 1. The summed E-state index contributed by atoms with van der Waals surface area (Å²) in [4.78, 5) is 11.9. The first kappa shape index (κ1) is 13.9. The van der Waals surface area contributed by atoms with Gasteiger partial charge in [-0.2, -0.15) is 0 Å². The lowest BCUT2D eigenvalue weighted by molar-refractivity contribution is -0.115. The zero-order chi connectivity index (χ0) is 14.7. The Labute approximate surface area is 128 Å². The third kappa shape index (κ3) is 3.35. The molecule has 1 amide bonds. The van der Waals surface area contributed by atoms with Gasteiger partial charge in [0.15, 0.2) is 0 Å². The molecule has 4 nitrogen and oxygen atoms in total. The number of halogens is 1. The quantitative estimate of drug-likeness (QED) is 0.913. The van der Waals surface area contributed by atoms with Gasteiger partial charge in [0.1, 0.15) is 12.4 Å². The number of para-hydroxylation sites is 1. The van der Waals surface area contributed by atoms with E-state index in [1.807, 2.05) is 24.3 Å². The molecule has 0 bridgehead atoms. The second-order valence-corrected chi connectivity index (χ2v) is 5.28. The second kappa shape index (κ2) is 6.16. The molecule has 2 aromatic rings. The monoisotopic (exact) mass is 302 g/mol. The largest absolute Gasteiger partial charge is 0.491 e. The van der Waals surface area contributed by atoms with E-state index in [2.05, 4.69) is 10.6 Å². The minimum Gasteiger partial charge on any atom is -0.491 e. The fraction of sp³-hybridized carbons (Fsp3) is 0.188. The summed E-state index contributed by atoms with van der Waals surface area (Å²) in [5, 5.41) is 6.60. The van der Waals surface area contributed by atoms with Gasteiger partial charge in [0.25, 0.3) is 0 Å². The first-order valence-corrected chi connectivity index (χ1v) is 7.11. The Balaban J connectivity index is 1.55. The molecule has 108 valence electrons. The molecular weight excluding hydrogens is 288 g/mol. The Hall–Kier alpha value is -2.04. The molecule has 0 saturated carbocycles. The number of rotatable bonds is 4. The molecule has 1 heterocycles. The van der Waals surface area contributed by atoms with Crippen LogP contribution in [0.15, 0.2) is 48.5 Å². The van der Waals surface area contributed by atoms with E-state index in [4.69, 9.17) is 16.3 Å². The molecule has 5 heteroatoms. The van der Waals surface area contributed by atoms with Crippen molar-refractivity contribution in [2.45, 2.75) is 6.04 Å². The summed E-state index contributed by atoms with van der Waals surface area (Å²) in [5.74, 6) is 0.770. The molecule has 1 atom stereocenters. The number of benzene rings is 2. The van der Waals surface area contributed by atoms with Crippen molar-refractivity contribution in [2.24, 2.45) is 0 Å². The Bertz CT molecular complexity index is 660. The maximum atomic E-state index is 11.9. The number of anilines is 1. The van der Waals surface area contributed by atoms with E-state index in [1.165, 1.54) is 0 Å². The summed E-state index contributed by atoms with van der Waals surface area (Å²) in [6.07, 6.45) is 0. The van der Waals surface area contributed by atoms with Gasteiger partial charge in [-0.1, -0.05) is 35.9 Å². The van der Waals surface area contributed by atoms with E-state index in [9.17, 15) is 4.79 Å². The number of amides is 1. The Morgan fingerprint density at radius 2 is 2.10 bits per heavy atom. The maximum Gasteiger partial charge on any atom is 0.238 e. The van der Waals surface area contributed by atoms with Crippen LogP contribution in [-0.2, 0) is 4.79 Å². The third-order valence-corrected chi connectivity index (χ3v) is 3.55. The third-order valence-electron chi connectivity index (χ3n) is 3.32. The Morgan fingerprint density at radius 1 is 1.24 bits per heavy atom. The molecule has 3 rings (SSSR count). The molecule has 0 aliphatic carbocycles. The highest BCUT2D eigenvalue weighted by Gasteiger charge is 2.23. The number of ether oxygens (including phenoxy) is 1. The van der Waals surface area contributed by atoms with Gasteiger partial charge in [-0.05, 0) is 24.3 Å². The summed E-state index contributed by atoms with van der Waals surface area (Å²) < 4.78 is 5.57. The fourth-order valence-corrected chi connectivity index (χ4v) is 2.51. The molecule has 0 spiro atoms.